The summed E-state index contributed by atoms with van der Waals surface area (Å²) >= 11 is 7.02. The van der Waals surface area contributed by atoms with Gasteiger partial charge in [-0.15, -0.1) is 21.2 Å². The SMILES string of the molecule is CNn1nc(-c2nc(C(C)C)cs2)n(/N=C/c2cc(OC)c(OC)c(OC)c2)c1=S. The van der Waals surface area contributed by atoms with Crippen LogP contribution >= 0.6 is 23.6 Å². The Morgan fingerprint density at radius 2 is 1.83 bits per heavy atom. The van der Waals surface area contributed by atoms with Crippen LogP contribution in [0, 0.1) is 4.77 Å². The molecule has 0 spiro atoms. The van der Waals surface area contributed by atoms with Crippen molar-refractivity contribution in [3.63, 3.8) is 0 Å². The first-order chi connectivity index (χ1) is 14.4. The summed E-state index contributed by atoms with van der Waals surface area (Å²) in [6, 6.07) is 3.60. The fourth-order valence-electron chi connectivity index (χ4n) is 2.70. The van der Waals surface area contributed by atoms with Crippen LogP contribution in [0.15, 0.2) is 22.6 Å². The molecule has 0 saturated heterocycles. The van der Waals surface area contributed by atoms with Gasteiger partial charge in [0.1, 0.15) is 0 Å². The molecule has 3 rings (SSSR count). The van der Waals surface area contributed by atoms with Crippen molar-refractivity contribution in [3.8, 4) is 28.1 Å². The number of nitrogens with one attached hydrogen (secondary N) is 1. The first kappa shape index (κ1) is 21.8. The van der Waals surface area contributed by atoms with Gasteiger partial charge in [-0.1, -0.05) is 13.8 Å². The molecule has 2 heterocycles. The lowest BCUT2D eigenvalue weighted by molar-refractivity contribution is 0.324. The van der Waals surface area contributed by atoms with Crippen molar-refractivity contribution in [1.82, 2.24) is 19.5 Å². The Morgan fingerprint density at radius 3 is 2.33 bits per heavy atom. The molecule has 0 unspecified atom stereocenters. The molecule has 0 amide bonds. The fourth-order valence-corrected chi connectivity index (χ4v) is 3.91. The van der Waals surface area contributed by atoms with Crippen molar-refractivity contribution < 1.29 is 14.2 Å². The highest BCUT2D eigenvalue weighted by molar-refractivity contribution is 7.71. The predicted octanol–water partition coefficient (Wildman–Crippen LogP) is 3.74. The minimum Gasteiger partial charge on any atom is -0.493 e. The second-order valence-corrected chi connectivity index (χ2v) is 7.71. The number of ether oxygens (including phenoxy) is 3. The third-order valence-electron chi connectivity index (χ3n) is 4.28. The number of hydrogen-bond donors (Lipinski definition) is 1. The molecule has 2 aromatic heterocycles. The summed E-state index contributed by atoms with van der Waals surface area (Å²) < 4.78 is 18.1. The molecular formula is C19H24N6O3S2. The molecule has 30 heavy (non-hydrogen) atoms. The lowest BCUT2D eigenvalue weighted by atomic mass is 10.2. The molecule has 0 fully saturated rings. The molecule has 9 nitrogen and oxygen atoms in total. The van der Waals surface area contributed by atoms with Gasteiger partial charge in [0.25, 0.3) is 0 Å². The van der Waals surface area contributed by atoms with E-state index in [9.17, 15) is 0 Å². The number of thiazole rings is 1. The summed E-state index contributed by atoms with van der Waals surface area (Å²) in [4.78, 5) is 6.16. The molecule has 0 aliphatic rings. The number of benzene rings is 1. The quantitative estimate of drug-likeness (QED) is 0.415. The number of hydrogen-bond acceptors (Lipinski definition) is 9. The largest absolute Gasteiger partial charge is 0.493 e. The van der Waals surface area contributed by atoms with Crippen LogP contribution in [0.5, 0.6) is 17.2 Å². The zero-order valence-corrected chi connectivity index (χ0v) is 19.3. The van der Waals surface area contributed by atoms with E-state index in [2.05, 4.69) is 34.5 Å². The highest BCUT2D eigenvalue weighted by atomic mass is 32.1. The summed E-state index contributed by atoms with van der Waals surface area (Å²) in [7, 11) is 6.43. The van der Waals surface area contributed by atoms with E-state index in [0.29, 0.717) is 33.8 Å². The zero-order chi connectivity index (χ0) is 21.8. The summed E-state index contributed by atoms with van der Waals surface area (Å²) in [5.74, 6) is 2.46. The second-order valence-electron chi connectivity index (χ2n) is 6.49. The zero-order valence-electron chi connectivity index (χ0n) is 17.7. The molecular weight excluding hydrogens is 424 g/mol. The lowest BCUT2D eigenvalue weighted by Crippen LogP contribution is -2.10. The molecule has 160 valence electrons. The summed E-state index contributed by atoms with van der Waals surface area (Å²) in [5, 5.41) is 11.8. The summed E-state index contributed by atoms with van der Waals surface area (Å²) in [6.45, 7) is 4.19. The summed E-state index contributed by atoms with van der Waals surface area (Å²) in [6.07, 6.45) is 1.66. The number of rotatable bonds is 8. The molecule has 0 aliphatic carbocycles. The molecule has 0 radical (unpaired) electrons. The Balaban J connectivity index is 2.07. The Labute approximate surface area is 183 Å². The second kappa shape index (κ2) is 9.26. The third kappa shape index (κ3) is 4.17. The van der Waals surface area contributed by atoms with E-state index in [4.69, 9.17) is 26.4 Å². The van der Waals surface area contributed by atoms with Gasteiger partial charge in [-0.2, -0.15) is 9.78 Å². The predicted molar refractivity (Wildman–Crippen MR) is 121 cm³/mol. The Hall–Kier alpha value is -2.92. The van der Waals surface area contributed by atoms with Crippen molar-refractivity contribution in [2.75, 3.05) is 33.8 Å². The molecule has 0 bridgehead atoms. The van der Waals surface area contributed by atoms with Gasteiger partial charge in [0, 0.05) is 18.0 Å². The van der Waals surface area contributed by atoms with Gasteiger partial charge < -0.3 is 19.6 Å². The van der Waals surface area contributed by atoms with Crippen LogP contribution in [-0.2, 0) is 0 Å². The smallest absolute Gasteiger partial charge is 0.240 e. The molecule has 0 atom stereocenters. The molecule has 11 heteroatoms. The van der Waals surface area contributed by atoms with Crippen LogP contribution in [0.1, 0.15) is 31.0 Å². The molecule has 1 N–H and O–H groups in total. The highest BCUT2D eigenvalue weighted by Gasteiger charge is 2.17. The normalized spacial score (nSPS) is 11.3. The average molecular weight is 449 g/mol. The van der Waals surface area contributed by atoms with Gasteiger partial charge in [-0.05, 0) is 30.3 Å². The standard InChI is InChI=1S/C19H24N6O3S2/c1-11(2)13-10-30-18(22-13)17-23-25(20-3)19(29)24(17)21-9-12-7-14(26-4)16(28-6)15(8-12)27-5/h7-11,20H,1-6H3/b21-9+. The van der Waals surface area contributed by atoms with Gasteiger partial charge in [-0.25, -0.2) is 4.98 Å². The van der Waals surface area contributed by atoms with E-state index in [0.717, 1.165) is 16.3 Å². The van der Waals surface area contributed by atoms with Crippen molar-refractivity contribution >= 4 is 29.8 Å². The van der Waals surface area contributed by atoms with Crippen molar-refractivity contribution in [2.24, 2.45) is 5.10 Å². The topological polar surface area (TPSA) is 87.7 Å². The maximum atomic E-state index is 5.52. The molecule has 0 aliphatic heterocycles. The van der Waals surface area contributed by atoms with E-state index in [-0.39, 0.29) is 0 Å². The number of nitrogens with zero attached hydrogens (tertiary/aromatic N) is 5. The number of aromatic nitrogens is 4. The Morgan fingerprint density at radius 1 is 1.17 bits per heavy atom. The Bertz CT molecular complexity index is 1090. The highest BCUT2D eigenvalue weighted by Crippen LogP contribution is 2.37. The molecule has 0 saturated carbocycles. The van der Waals surface area contributed by atoms with Crippen LogP contribution in [-0.4, -0.2) is 54.1 Å². The van der Waals surface area contributed by atoms with E-state index >= 15 is 0 Å². The van der Waals surface area contributed by atoms with Gasteiger partial charge >= 0.3 is 0 Å². The van der Waals surface area contributed by atoms with E-state index in [1.807, 2.05) is 5.38 Å². The maximum Gasteiger partial charge on any atom is 0.240 e. The average Bonchev–Trinajstić information content (AvgIpc) is 3.36. The minimum absolute atomic E-state index is 0.320. The van der Waals surface area contributed by atoms with E-state index < -0.39 is 0 Å². The summed E-state index contributed by atoms with van der Waals surface area (Å²) in [5.41, 5.74) is 4.68. The maximum absolute atomic E-state index is 5.52. The van der Waals surface area contributed by atoms with Gasteiger partial charge in [0.2, 0.25) is 16.3 Å². The van der Waals surface area contributed by atoms with Crippen molar-refractivity contribution in [3.05, 3.63) is 33.5 Å². The Kier molecular flexibility index (Phi) is 6.73. The van der Waals surface area contributed by atoms with Gasteiger partial charge in [-0.3, -0.25) is 0 Å². The van der Waals surface area contributed by atoms with Crippen LogP contribution in [0.2, 0.25) is 0 Å². The van der Waals surface area contributed by atoms with Crippen molar-refractivity contribution in [1.29, 1.82) is 0 Å². The van der Waals surface area contributed by atoms with Gasteiger partial charge in [0.15, 0.2) is 16.5 Å². The van der Waals surface area contributed by atoms with Crippen molar-refractivity contribution in [2.45, 2.75) is 19.8 Å². The fraction of sp³-hybridized carbons (Fsp3) is 0.368. The van der Waals surface area contributed by atoms with Crippen LogP contribution in [0.4, 0.5) is 0 Å². The number of methoxy groups -OCH3 is 3. The minimum atomic E-state index is 0.320. The monoisotopic (exact) mass is 448 g/mol. The van der Waals surface area contributed by atoms with Gasteiger partial charge in [0.05, 0.1) is 33.2 Å². The van der Waals surface area contributed by atoms with Crippen LogP contribution in [0.25, 0.3) is 10.8 Å². The van der Waals surface area contributed by atoms with E-state index in [1.54, 1.807) is 51.4 Å². The van der Waals surface area contributed by atoms with E-state index in [1.165, 1.54) is 16.1 Å². The third-order valence-corrected chi connectivity index (χ3v) is 5.49. The molecule has 3 aromatic rings. The molecule has 1 aromatic carbocycles. The van der Waals surface area contributed by atoms with Crippen LogP contribution in [0.3, 0.4) is 0 Å². The first-order valence-electron chi connectivity index (χ1n) is 9.13. The first-order valence-corrected chi connectivity index (χ1v) is 10.4. The lowest BCUT2D eigenvalue weighted by Gasteiger charge is -2.12. The van der Waals surface area contributed by atoms with Crippen LogP contribution < -0.4 is 19.6 Å².